The third-order valence-electron chi connectivity index (χ3n) is 13.1. The fraction of sp³-hybridized carbons (Fsp3) is 0.873. The first kappa shape index (κ1) is 89.9. The van der Waals surface area contributed by atoms with Crippen LogP contribution in [-0.2, 0) is 67.9 Å². The Morgan fingerprint density at radius 3 is 0.963 bits per heavy atom. The van der Waals surface area contributed by atoms with Crippen molar-refractivity contribution < 1.29 is 146 Å². The van der Waals surface area contributed by atoms with E-state index in [9.17, 15) is 49.9 Å². The molecule has 0 rings (SSSR count). The molecular formula is C55H112N5Na2O16S2+3. The predicted octanol–water partition coefficient (Wildman–Crippen LogP) is -0.213. The van der Waals surface area contributed by atoms with E-state index in [4.69, 9.17) is 23.7 Å². The van der Waals surface area contributed by atoms with Crippen LogP contribution in [0.2, 0.25) is 0 Å². The average molecular weight is 1210 g/mol. The van der Waals surface area contributed by atoms with Gasteiger partial charge in [-0.25, -0.2) is 16.8 Å². The summed E-state index contributed by atoms with van der Waals surface area (Å²) in [5.41, 5.74) is -3.44. The molecule has 0 aromatic rings. The SMILES string of the molecule is C=CS(=O)(=O)[O-].CC(C)(C)C(=O)OCC[N+](C)(C)CCS(=O)(=O)[O-].CCC[N+](C)(C)CCOC(=O)C(C)(C)CC(C)(CC)C(=O)OCCN(C)C.CCC[N+](C)(C)CCOC(=O)C(C)(C)CC(C)(CC)C(=O)OCCN(C)C.[Na+].[Na+]. The number of likely N-dealkylation sites (N-methyl/N-ethyl adjacent to an activating group) is 5. The molecular weight excluding hydrogens is 1100 g/mol. The van der Waals surface area contributed by atoms with Gasteiger partial charge in [0.1, 0.15) is 72.9 Å². The smallest absolute Gasteiger partial charge is 0.748 e. The second kappa shape index (κ2) is 40.9. The molecule has 2 unspecified atom stereocenters. The van der Waals surface area contributed by atoms with E-state index in [1.54, 1.807) is 34.9 Å². The van der Waals surface area contributed by atoms with Crippen molar-refractivity contribution >= 4 is 50.1 Å². The fourth-order valence-corrected chi connectivity index (χ4v) is 8.15. The third kappa shape index (κ3) is 46.1. The largest absolute Gasteiger partial charge is 1.00 e. The number of esters is 5. The molecule has 0 spiro atoms. The van der Waals surface area contributed by atoms with Gasteiger partial charge in [0.05, 0.1) is 94.7 Å². The number of carbonyl (C=O) groups is 5. The molecule has 80 heavy (non-hydrogen) atoms. The summed E-state index contributed by atoms with van der Waals surface area (Å²) in [6, 6.07) is 0. The number of quaternary nitrogens is 3. The first-order valence-corrected chi connectivity index (χ1v) is 30.2. The molecule has 0 aliphatic rings. The van der Waals surface area contributed by atoms with Crippen molar-refractivity contribution in [3.05, 3.63) is 12.0 Å². The summed E-state index contributed by atoms with van der Waals surface area (Å²) in [6.07, 6.45) is 4.23. The van der Waals surface area contributed by atoms with Crippen molar-refractivity contribution in [2.24, 2.45) is 27.1 Å². The van der Waals surface area contributed by atoms with Gasteiger partial charge in [0, 0.05) is 18.5 Å². The monoisotopic (exact) mass is 1210 g/mol. The standard InChI is InChI=1S/2C21H43N2O4.C11H23NO5S.C2H4O3S.2Na/c2*1-10-13-23(8,9)14-16-27-18(24)20(3,4)17-21(5,11-2)19(25)26-15-12-22(6)7;1-11(2,3)10(13)17-8-6-12(4,5)7-9-18(14,15)16;1-2-6(3,4)5;;/h2*10-17H2,1-9H3;6-9H2,1-5H3;2H,1H2,(H,3,4,5);;/q2*+1;;;2*+1/p-1. The van der Waals surface area contributed by atoms with Crippen molar-refractivity contribution in [1.82, 2.24) is 9.80 Å². The van der Waals surface area contributed by atoms with Gasteiger partial charge in [-0.05, 0) is 129 Å². The van der Waals surface area contributed by atoms with Gasteiger partial charge in [-0.1, -0.05) is 34.3 Å². The van der Waals surface area contributed by atoms with E-state index < -0.39 is 53.1 Å². The van der Waals surface area contributed by atoms with Gasteiger partial charge >= 0.3 is 89.0 Å². The Balaban J connectivity index is -0.000000245. The number of carbonyl (C=O) groups excluding carboxylic acids is 5. The zero-order chi connectivity index (χ0) is 62.4. The van der Waals surface area contributed by atoms with Crippen LogP contribution in [0.4, 0.5) is 0 Å². The van der Waals surface area contributed by atoms with Gasteiger partial charge in [0.15, 0.2) is 0 Å². The molecule has 0 heterocycles. The van der Waals surface area contributed by atoms with E-state index in [1.165, 1.54) is 0 Å². The summed E-state index contributed by atoms with van der Waals surface area (Å²) in [5, 5.41) is 0.354. The predicted molar refractivity (Wildman–Crippen MR) is 306 cm³/mol. The number of ether oxygens (including phenoxy) is 5. The molecule has 25 heteroatoms. The van der Waals surface area contributed by atoms with Crippen LogP contribution in [0.25, 0.3) is 0 Å². The first-order valence-electron chi connectivity index (χ1n) is 27.1. The molecule has 0 saturated heterocycles. The average Bonchev–Trinajstić information content (AvgIpc) is 3.27. The van der Waals surface area contributed by atoms with Crippen LogP contribution in [0.15, 0.2) is 12.0 Å². The molecule has 0 amide bonds. The van der Waals surface area contributed by atoms with E-state index in [-0.39, 0.29) is 102 Å². The Labute approximate surface area is 531 Å². The van der Waals surface area contributed by atoms with Gasteiger partial charge in [-0.3, -0.25) is 24.0 Å². The topological polar surface area (TPSA) is 252 Å². The molecule has 0 aliphatic carbocycles. The minimum Gasteiger partial charge on any atom is -0.748 e. The van der Waals surface area contributed by atoms with Crippen LogP contribution in [0.3, 0.4) is 0 Å². The first-order chi connectivity index (χ1) is 35.0. The van der Waals surface area contributed by atoms with Crippen molar-refractivity contribution in [3.63, 3.8) is 0 Å². The zero-order valence-corrected chi connectivity index (χ0v) is 60.6. The number of nitrogens with zero attached hydrogens (tertiary/aromatic N) is 5. The van der Waals surface area contributed by atoms with E-state index >= 15 is 0 Å². The summed E-state index contributed by atoms with van der Waals surface area (Å²) in [5.74, 6) is -1.69. The molecule has 0 aromatic carbocycles. The summed E-state index contributed by atoms with van der Waals surface area (Å²) in [4.78, 5) is 65.9. The molecule has 2 atom stereocenters. The van der Waals surface area contributed by atoms with Gasteiger partial charge in [0.2, 0.25) is 0 Å². The van der Waals surface area contributed by atoms with E-state index in [1.807, 2.05) is 93.4 Å². The van der Waals surface area contributed by atoms with Gasteiger partial charge in [0.25, 0.3) is 0 Å². The summed E-state index contributed by atoms with van der Waals surface area (Å²) < 4.78 is 88.7. The van der Waals surface area contributed by atoms with Gasteiger partial charge < -0.3 is 56.0 Å². The van der Waals surface area contributed by atoms with E-state index in [0.29, 0.717) is 81.6 Å². The Bertz CT molecular complexity index is 1930. The van der Waals surface area contributed by atoms with Crippen molar-refractivity contribution in [2.75, 3.05) is 162 Å². The van der Waals surface area contributed by atoms with Crippen molar-refractivity contribution in [3.8, 4) is 0 Å². The van der Waals surface area contributed by atoms with E-state index in [0.717, 1.165) is 48.0 Å². The Morgan fingerprint density at radius 1 is 0.475 bits per heavy atom. The number of rotatable bonds is 33. The molecule has 0 radical (unpaired) electrons. The molecule has 0 aliphatic heterocycles. The molecule has 0 bridgehead atoms. The molecule has 0 saturated carbocycles. The summed E-state index contributed by atoms with van der Waals surface area (Å²) in [6.45, 7) is 34.8. The van der Waals surface area contributed by atoms with Crippen LogP contribution in [0, 0.1) is 27.1 Å². The normalized spacial score (nSPS) is 13.8. The molecule has 0 N–H and O–H groups in total. The van der Waals surface area contributed by atoms with Crippen LogP contribution in [0.5, 0.6) is 0 Å². The van der Waals surface area contributed by atoms with Crippen molar-refractivity contribution in [2.45, 2.75) is 129 Å². The maximum atomic E-state index is 12.6. The number of hydrogen-bond donors (Lipinski definition) is 0. The third-order valence-corrected chi connectivity index (χ3v) is 14.2. The zero-order valence-electron chi connectivity index (χ0n) is 55.0. The Kier molecular flexibility index (Phi) is 46.0. The quantitative estimate of drug-likeness (QED) is 0.0271. The van der Waals surface area contributed by atoms with Crippen LogP contribution < -0.4 is 59.1 Å². The summed E-state index contributed by atoms with van der Waals surface area (Å²) in [7, 11) is 11.5. The minimum atomic E-state index is -4.20. The summed E-state index contributed by atoms with van der Waals surface area (Å²) >= 11 is 0. The van der Waals surface area contributed by atoms with Crippen LogP contribution in [-0.4, -0.2) is 241 Å². The Morgan fingerprint density at radius 2 is 0.738 bits per heavy atom. The van der Waals surface area contributed by atoms with Gasteiger partial charge in [-0.2, -0.15) is 0 Å². The maximum absolute atomic E-state index is 12.6. The fourth-order valence-electron chi connectivity index (χ4n) is 7.44. The van der Waals surface area contributed by atoms with Crippen molar-refractivity contribution in [1.29, 1.82) is 0 Å². The minimum absolute atomic E-state index is 0. The number of hydrogen-bond acceptors (Lipinski definition) is 18. The van der Waals surface area contributed by atoms with Crippen LogP contribution >= 0.6 is 0 Å². The Hall–Kier alpha value is -1.29. The molecule has 464 valence electrons. The van der Waals surface area contributed by atoms with Crippen LogP contribution in [0.1, 0.15) is 129 Å². The molecule has 0 aromatic heterocycles. The second-order valence-corrected chi connectivity index (χ2v) is 28.4. The second-order valence-electron chi connectivity index (χ2n) is 25.6. The molecule has 0 fully saturated rings. The molecule has 21 nitrogen and oxygen atoms in total. The van der Waals surface area contributed by atoms with Gasteiger partial charge in [-0.15, -0.1) is 0 Å². The van der Waals surface area contributed by atoms with E-state index in [2.05, 4.69) is 48.6 Å². The maximum Gasteiger partial charge on any atom is 1.00 e.